The minimum Gasteiger partial charge on any atom is -0.361 e. The van der Waals surface area contributed by atoms with Gasteiger partial charge in [-0.2, -0.15) is 5.26 Å². The summed E-state index contributed by atoms with van der Waals surface area (Å²) in [5.74, 6) is 0. The summed E-state index contributed by atoms with van der Waals surface area (Å²) in [6, 6.07) is 10.5. The van der Waals surface area contributed by atoms with E-state index in [9.17, 15) is 0 Å². The molecule has 2 rings (SSSR count). The van der Waals surface area contributed by atoms with E-state index in [2.05, 4.69) is 40.8 Å². The van der Waals surface area contributed by atoms with E-state index in [1.807, 2.05) is 6.07 Å². The number of aromatic nitrogens is 1. The Morgan fingerprint density at radius 2 is 2.12 bits per heavy atom. The van der Waals surface area contributed by atoms with Crippen LogP contribution >= 0.6 is 0 Å². The molecule has 0 aliphatic carbocycles. The van der Waals surface area contributed by atoms with Crippen molar-refractivity contribution in [2.45, 2.75) is 19.3 Å². The second-order valence-corrected chi connectivity index (χ2v) is 4.12. The number of benzene rings is 1. The van der Waals surface area contributed by atoms with Crippen LogP contribution in [0.3, 0.4) is 0 Å². The van der Waals surface area contributed by atoms with E-state index in [4.69, 9.17) is 5.26 Å². The van der Waals surface area contributed by atoms with Crippen molar-refractivity contribution in [1.29, 1.82) is 5.26 Å². The first kappa shape index (κ1) is 11.7. The molecule has 0 bridgehead atoms. The zero-order valence-electron chi connectivity index (χ0n) is 9.87. The van der Waals surface area contributed by atoms with Crippen LogP contribution in [-0.2, 0) is 6.42 Å². The Balaban J connectivity index is 1.81. The van der Waals surface area contributed by atoms with Crippen molar-refractivity contribution in [3.05, 3.63) is 36.0 Å². The van der Waals surface area contributed by atoms with Gasteiger partial charge in [-0.3, -0.25) is 0 Å². The van der Waals surface area contributed by atoms with Gasteiger partial charge in [0, 0.05) is 23.5 Å². The number of H-pyrrole nitrogens is 1. The van der Waals surface area contributed by atoms with E-state index in [0.717, 1.165) is 25.9 Å². The Morgan fingerprint density at radius 1 is 1.24 bits per heavy atom. The average Bonchev–Trinajstić information content (AvgIpc) is 2.77. The van der Waals surface area contributed by atoms with Crippen molar-refractivity contribution in [2.24, 2.45) is 0 Å². The van der Waals surface area contributed by atoms with Gasteiger partial charge in [-0.15, -0.1) is 0 Å². The zero-order chi connectivity index (χ0) is 11.9. The number of hydrogen-bond donors (Lipinski definition) is 2. The number of hydrogen-bond acceptors (Lipinski definition) is 2. The first-order chi connectivity index (χ1) is 8.42. The van der Waals surface area contributed by atoms with E-state index in [0.29, 0.717) is 6.42 Å². The minimum absolute atomic E-state index is 0.639. The monoisotopic (exact) mass is 227 g/mol. The van der Waals surface area contributed by atoms with Crippen LogP contribution in [0.25, 0.3) is 10.9 Å². The summed E-state index contributed by atoms with van der Waals surface area (Å²) in [7, 11) is 0. The molecule has 0 spiro atoms. The molecule has 0 fully saturated rings. The molecular weight excluding hydrogens is 210 g/mol. The van der Waals surface area contributed by atoms with E-state index >= 15 is 0 Å². The summed E-state index contributed by atoms with van der Waals surface area (Å²) in [4.78, 5) is 3.28. The molecule has 17 heavy (non-hydrogen) atoms. The summed E-state index contributed by atoms with van der Waals surface area (Å²) < 4.78 is 0. The third kappa shape index (κ3) is 3.08. The standard InChI is InChI=1S/C14H17N3/c15-8-3-4-9-16-10-7-12-11-17-14-6-2-1-5-13(12)14/h1-2,5-6,11,16-17H,3-4,7,9-10H2. The number of aromatic amines is 1. The van der Waals surface area contributed by atoms with Crippen LogP contribution in [0.1, 0.15) is 18.4 Å². The van der Waals surface area contributed by atoms with Crippen molar-refractivity contribution < 1.29 is 0 Å². The third-order valence-corrected chi connectivity index (χ3v) is 2.89. The predicted octanol–water partition coefficient (Wildman–Crippen LogP) is 2.60. The number of para-hydroxylation sites is 1. The lowest BCUT2D eigenvalue weighted by Gasteiger charge is -2.02. The summed E-state index contributed by atoms with van der Waals surface area (Å²) in [5, 5.41) is 13.1. The van der Waals surface area contributed by atoms with Gasteiger partial charge in [-0.25, -0.2) is 0 Å². The Labute approximate surface area is 101 Å². The van der Waals surface area contributed by atoms with Crippen LogP contribution in [0.4, 0.5) is 0 Å². The molecule has 1 aromatic carbocycles. The SMILES string of the molecule is N#CCCCNCCc1c[nH]c2ccccc12. The van der Waals surface area contributed by atoms with Crippen LogP contribution in [0, 0.1) is 11.3 Å². The smallest absolute Gasteiger partial charge is 0.0622 e. The van der Waals surface area contributed by atoms with Crippen molar-refractivity contribution in [3.63, 3.8) is 0 Å². The van der Waals surface area contributed by atoms with Gasteiger partial charge in [0.05, 0.1) is 6.07 Å². The highest BCUT2D eigenvalue weighted by molar-refractivity contribution is 5.83. The molecule has 0 unspecified atom stereocenters. The molecule has 1 heterocycles. The summed E-state index contributed by atoms with van der Waals surface area (Å²) in [6.45, 7) is 1.89. The van der Waals surface area contributed by atoms with Crippen molar-refractivity contribution in [2.75, 3.05) is 13.1 Å². The maximum absolute atomic E-state index is 8.41. The van der Waals surface area contributed by atoms with Crippen LogP contribution in [-0.4, -0.2) is 18.1 Å². The molecule has 88 valence electrons. The quantitative estimate of drug-likeness (QED) is 0.745. The zero-order valence-corrected chi connectivity index (χ0v) is 9.87. The molecule has 0 radical (unpaired) electrons. The van der Waals surface area contributed by atoms with Crippen LogP contribution in [0.15, 0.2) is 30.5 Å². The molecule has 2 aromatic rings. The van der Waals surface area contributed by atoms with E-state index < -0.39 is 0 Å². The molecule has 0 aliphatic rings. The fourth-order valence-electron chi connectivity index (χ4n) is 1.98. The Kier molecular flexibility index (Phi) is 4.17. The first-order valence-electron chi connectivity index (χ1n) is 6.04. The number of rotatable bonds is 6. The van der Waals surface area contributed by atoms with Crippen molar-refractivity contribution >= 4 is 10.9 Å². The lowest BCUT2D eigenvalue weighted by atomic mass is 10.1. The fourth-order valence-corrected chi connectivity index (χ4v) is 1.98. The normalized spacial score (nSPS) is 10.5. The van der Waals surface area contributed by atoms with Gasteiger partial charge in [0.2, 0.25) is 0 Å². The van der Waals surface area contributed by atoms with E-state index in [1.165, 1.54) is 16.5 Å². The largest absolute Gasteiger partial charge is 0.361 e. The Hall–Kier alpha value is -1.79. The Morgan fingerprint density at radius 3 is 3.00 bits per heavy atom. The number of unbranched alkanes of at least 4 members (excludes halogenated alkanes) is 1. The van der Waals surface area contributed by atoms with Crippen molar-refractivity contribution in [3.8, 4) is 6.07 Å². The lowest BCUT2D eigenvalue weighted by molar-refractivity contribution is 0.656. The number of nitrogens with one attached hydrogen (secondary N) is 2. The molecule has 2 N–H and O–H groups in total. The highest BCUT2D eigenvalue weighted by Gasteiger charge is 2.01. The first-order valence-corrected chi connectivity index (χ1v) is 6.04. The molecule has 0 saturated carbocycles. The van der Waals surface area contributed by atoms with E-state index in [1.54, 1.807) is 0 Å². The topological polar surface area (TPSA) is 51.6 Å². The van der Waals surface area contributed by atoms with Gasteiger partial charge < -0.3 is 10.3 Å². The molecule has 3 heteroatoms. The van der Waals surface area contributed by atoms with Gasteiger partial charge in [0.1, 0.15) is 0 Å². The maximum Gasteiger partial charge on any atom is 0.0622 e. The van der Waals surface area contributed by atoms with Gasteiger partial charge in [0.25, 0.3) is 0 Å². The van der Waals surface area contributed by atoms with Crippen LogP contribution in [0.5, 0.6) is 0 Å². The van der Waals surface area contributed by atoms with Crippen molar-refractivity contribution in [1.82, 2.24) is 10.3 Å². The molecule has 0 aliphatic heterocycles. The molecular formula is C14H17N3. The van der Waals surface area contributed by atoms with Gasteiger partial charge in [0.15, 0.2) is 0 Å². The third-order valence-electron chi connectivity index (χ3n) is 2.89. The number of fused-ring (bicyclic) bond motifs is 1. The van der Waals surface area contributed by atoms with Gasteiger partial charge in [-0.1, -0.05) is 18.2 Å². The number of nitrogens with zero attached hydrogens (tertiary/aromatic N) is 1. The van der Waals surface area contributed by atoms with Gasteiger partial charge >= 0.3 is 0 Å². The highest BCUT2D eigenvalue weighted by atomic mass is 14.8. The fraction of sp³-hybridized carbons (Fsp3) is 0.357. The maximum atomic E-state index is 8.41. The summed E-state index contributed by atoms with van der Waals surface area (Å²) in [6.07, 6.45) is 4.68. The minimum atomic E-state index is 0.639. The molecule has 0 saturated heterocycles. The second kappa shape index (κ2) is 6.07. The summed E-state index contributed by atoms with van der Waals surface area (Å²) in [5.41, 5.74) is 2.56. The molecule has 0 amide bonds. The Bertz CT molecular complexity index is 507. The second-order valence-electron chi connectivity index (χ2n) is 4.12. The van der Waals surface area contributed by atoms with Crippen LogP contribution in [0.2, 0.25) is 0 Å². The highest BCUT2D eigenvalue weighted by Crippen LogP contribution is 2.17. The average molecular weight is 227 g/mol. The summed E-state index contributed by atoms with van der Waals surface area (Å²) >= 11 is 0. The van der Waals surface area contributed by atoms with E-state index in [-0.39, 0.29) is 0 Å². The lowest BCUT2D eigenvalue weighted by Crippen LogP contribution is -2.18. The molecule has 3 nitrogen and oxygen atoms in total. The molecule has 0 atom stereocenters. The van der Waals surface area contributed by atoms with Gasteiger partial charge in [-0.05, 0) is 37.6 Å². The predicted molar refractivity (Wildman–Crippen MR) is 69.7 cm³/mol. The molecule has 1 aromatic heterocycles. The van der Waals surface area contributed by atoms with Crippen LogP contribution < -0.4 is 5.32 Å². The number of nitriles is 1.